The van der Waals surface area contributed by atoms with Gasteiger partial charge >= 0.3 is 6.18 Å². The van der Waals surface area contributed by atoms with E-state index in [4.69, 9.17) is 23.2 Å². The van der Waals surface area contributed by atoms with Gasteiger partial charge in [-0.2, -0.15) is 13.2 Å². The van der Waals surface area contributed by atoms with Crippen LogP contribution in [0.1, 0.15) is 5.56 Å². The summed E-state index contributed by atoms with van der Waals surface area (Å²) in [5.41, 5.74) is -0.625. The van der Waals surface area contributed by atoms with Crippen molar-refractivity contribution >= 4 is 46.6 Å². The maximum absolute atomic E-state index is 13.1. The van der Waals surface area contributed by atoms with Crippen LogP contribution in [0.2, 0.25) is 10.0 Å². The number of hydrogen-bond acceptors (Lipinski definition) is 4. The van der Waals surface area contributed by atoms with E-state index in [1.54, 1.807) is 28.8 Å². The van der Waals surface area contributed by atoms with Crippen molar-refractivity contribution in [3.63, 3.8) is 0 Å². The van der Waals surface area contributed by atoms with E-state index in [0.29, 0.717) is 33.1 Å². The fourth-order valence-electron chi connectivity index (χ4n) is 2.71. The van der Waals surface area contributed by atoms with Crippen LogP contribution in [-0.2, 0) is 17.5 Å². The van der Waals surface area contributed by atoms with Crippen LogP contribution in [0.25, 0.3) is 11.4 Å². The summed E-state index contributed by atoms with van der Waals surface area (Å²) in [6.45, 7) is 4.04. The number of amides is 1. The van der Waals surface area contributed by atoms with Gasteiger partial charge in [0.05, 0.1) is 22.0 Å². The molecule has 3 aromatic rings. The van der Waals surface area contributed by atoms with Crippen molar-refractivity contribution in [2.45, 2.75) is 17.9 Å². The van der Waals surface area contributed by atoms with Crippen LogP contribution in [0.15, 0.2) is 60.3 Å². The number of rotatable bonds is 7. The van der Waals surface area contributed by atoms with Gasteiger partial charge in [0, 0.05) is 17.1 Å². The van der Waals surface area contributed by atoms with Gasteiger partial charge in [0.25, 0.3) is 0 Å². The number of carbonyl (C=O) groups excluding carboxylic acids is 1. The molecule has 3 rings (SSSR count). The highest BCUT2D eigenvalue weighted by atomic mass is 35.5. The number of benzene rings is 2. The summed E-state index contributed by atoms with van der Waals surface area (Å²) in [6.07, 6.45) is -2.95. The molecule has 1 aromatic heterocycles. The van der Waals surface area contributed by atoms with Gasteiger partial charge in [-0.1, -0.05) is 53.2 Å². The minimum atomic E-state index is -4.58. The van der Waals surface area contributed by atoms with E-state index in [1.165, 1.54) is 18.2 Å². The van der Waals surface area contributed by atoms with E-state index < -0.39 is 17.6 Å². The Kier molecular flexibility index (Phi) is 7.30. The van der Waals surface area contributed by atoms with E-state index in [1.807, 2.05) is 0 Å². The molecule has 11 heteroatoms. The molecule has 0 saturated heterocycles. The lowest BCUT2D eigenvalue weighted by atomic mass is 10.1. The number of carbonyl (C=O) groups is 1. The van der Waals surface area contributed by atoms with Gasteiger partial charge in [-0.15, -0.1) is 16.8 Å². The molecule has 0 aliphatic rings. The molecule has 0 unspecified atom stereocenters. The number of para-hydroxylation sites is 1. The summed E-state index contributed by atoms with van der Waals surface area (Å²) < 4.78 is 41.0. The van der Waals surface area contributed by atoms with Gasteiger partial charge in [0.1, 0.15) is 0 Å². The Morgan fingerprint density at radius 3 is 2.61 bits per heavy atom. The fourth-order valence-corrected chi connectivity index (χ4v) is 3.96. The van der Waals surface area contributed by atoms with E-state index in [0.717, 1.165) is 17.8 Å². The van der Waals surface area contributed by atoms with Gasteiger partial charge in [0.2, 0.25) is 5.91 Å². The summed E-state index contributed by atoms with van der Waals surface area (Å²) >= 11 is 13.2. The van der Waals surface area contributed by atoms with Crippen molar-refractivity contribution in [2.24, 2.45) is 0 Å². The summed E-state index contributed by atoms with van der Waals surface area (Å²) in [4.78, 5) is 12.3. The monoisotopic (exact) mass is 486 g/mol. The summed E-state index contributed by atoms with van der Waals surface area (Å²) in [5.74, 6) is -0.330. The molecule has 0 fully saturated rings. The zero-order chi connectivity index (χ0) is 22.6. The second-order valence-corrected chi connectivity index (χ2v) is 8.00. The van der Waals surface area contributed by atoms with Crippen molar-refractivity contribution in [1.29, 1.82) is 0 Å². The van der Waals surface area contributed by atoms with Crippen molar-refractivity contribution in [1.82, 2.24) is 14.8 Å². The number of aromatic nitrogens is 3. The van der Waals surface area contributed by atoms with Crippen molar-refractivity contribution < 1.29 is 18.0 Å². The summed E-state index contributed by atoms with van der Waals surface area (Å²) in [7, 11) is 0. The zero-order valence-corrected chi connectivity index (χ0v) is 18.1. The summed E-state index contributed by atoms with van der Waals surface area (Å²) in [5, 5.41) is 11.8. The topological polar surface area (TPSA) is 59.8 Å². The minimum absolute atomic E-state index is 0.171. The van der Waals surface area contributed by atoms with E-state index in [9.17, 15) is 18.0 Å². The van der Waals surface area contributed by atoms with Crippen molar-refractivity contribution in [3.8, 4) is 11.4 Å². The Hall–Kier alpha value is -2.49. The first-order valence-corrected chi connectivity index (χ1v) is 10.5. The normalized spacial score (nSPS) is 11.4. The standard InChI is InChI=1S/C20H15Cl2F3N4OS/c1-2-9-29-18(13-8-7-12(21)10-15(13)22)27-28-19(29)31-11-17(30)26-16-6-4-3-5-14(16)20(23,24)25/h2-8,10H,1,9,11H2,(H,26,30). The lowest BCUT2D eigenvalue weighted by Gasteiger charge is -2.13. The minimum Gasteiger partial charge on any atom is -0.325 e. The number of alkyl halides is 3. The first kappa shape index (κ1) is 23.2. The Labute approximate surface area is 190 Å². The highest BCUT2D eigenvalue weighted by Gasteiger charge is 2.33. The molecule has 0 spiro atoms. The van der Waals surface area contributed by atoms with Crippen LogP contribution in [0, 0.1) is 0 Å². The molecule has 5 nitrogen and oxygen atoms in total. The molecule has 31 heavy (non-hydrogen) atoms. The number of hydrogen-bond donors (Lipinski definition) is 1. The predicted molar refractivity (Wildman–Crippen MR) is 116 cm³/mol. The number of nitrogens with zero attached hydrogens (tertiary/aromatic N) is 3. The van der Waals surface area contributed by atoms with Crippen LogP contribution in [-0.4, -0.2) is 26.4 Å². The average molecular weight is 487 g/mol. The average Bonchev–Trinajstić information content (AvgIpc) is 3.09. The summed E-state index contributed by atoms with van der Waals surface area (Å²) in [6, 6.07) is 9.72. The maximum Gasteiger partial charge on any atom is 0.418 e. The molecular weight excluding hydrogens is 472 g/mol. The van der Waals surface area contributed by atoms with Crippen LogP contribution in [0.3, 0.4) is 0 Å². The van der Waals surface area contributed by atoms with Gasteiger partial charge in [-0.3, -0.25) is 9.36 Å². The van der Waals surface area contributed by atoms with Crippen LogP contribution < -0.4 is 5.32 Å². The molecule has 0 aliphatic heterocycles. The van der Waals surface area contributed by atoms with Gasteiger partial charge in [0.15, 0.2) is 11.0 Å². The largest absolute Gasteiger partial charge is 0.418 e. The van der Waals surface area contributed by atoms with Crippen LogP contribution in [0.4, 0.5) is 18.9 Å². The Bertz CT molecular complexity index is 1120. The molecule has 1 heterocycles. The molecule has 1 N–H and O–H groups in total. The van der Waals surface area contributed by atoms with Gasteiger partial charge in [-0.05, 0) is 30.3 Å². The van der Waals surface area contributed by atoms with Crippen LogP contribution in [0.5, 0.6) is 0 Å². The number of nitrogens with one attached hydrogen (secondary N) is 1. The van der Waals surface area contributed by atoms with Crippen molar-refractivity contribution in [2.75, 3.05) is 11.1 Å². The molecule has 0 radical (unpaired) electrons. The lowest BCUT2D eigenvalue weighted by Crippen LogP contribution is -2.18. The number of allylic oxidation sites excluding steroid dienone is 1. The Balaban J connectivity index is 1.77. The highest BCUT2D eigenvalue weighted by Crippen LogP contribution is 2.35. The zero-order valence-electron chi connectivity index (χ0n) is 15.8. The number of thioether (sulfide) groups is 1. The molecule has 0 bridgehead atoms. The predicted octanol–water partition coefficient (Wildman–Crippen LogP) is 6.19. The molecule has 2 aromatic carbocycles. The molecule has 1 amide bonds. The third-order valence-electron chi connectivity index (χ3n) is 4.04. The Morgan fingerprint density at radius 2 is 1.94 bits per heavy atom. The maximum atomic E-state index is 13.1. The third kappa shape index (κ3) is 5.61. The molecular formula is C20H15Cl2F3N4OS. The van der Waals surface area contributed by atoms with Crippen molar-refractivity contribution in [3.05, 3.63) is 70.7 Å². The smallest absolute Gasteiger partial charge is 0.325 e. The molecule has 162 valence electrons. The number of anilines is 1. The second kappa shape index (κ2) is 9.76. The van der Waals surface area contributed by atoms with E-state index in [2.05, 4.69) is 22.1 Å². The molecule has 0 atom stereocenters. The van der Waals surface area contributed by atoms with Gasteiger partial charge in [-0.25, -0.2) is 0 Å². The second-order valence-electron chi connectivity index (χ2n) is 6.21. The SMILES string of the molecule is C=CCn1c(SCC(=O)Nc2ccccc2C(F)(F)F)nnc1-c1ccc(Cl)cc1Cl. The highest BCUT2D eigenvalue weighted by molar-refractivity contribution is 7.99. The van der Waals surface area contributed by atoms with Crippen LogP contribution >= 0.6 is 35.0 Å². The molecule has 0 saturated carbocycles. The van der Waals surface area contributed by atoms with Gasteiger partial charge < -0.3 is 5.32 Å². The third-order valence-corrected chi connectivity index (χ3v) is 5.55. The Morgan fingerprint density at radius 1 is 1.19 bits per heavy atom. The first-order valence-electron chi connectivity index (χ1n) is 8.79. The quantitative estimate of drug-likeness (QED) is 0.319. The molecule has 0 aliphatic carbocycles. The number of halogens is 5. The lowest BCUT2D eigenvalue weighted by molar-refractivity contribution is -0.137. The first-order chi connectivity index (χ1) is 14.7. The van der Waals surface area contributed by atoms with E-state index >= 15 is 0 Å². The fraction of sp³-hybridized carbons (Fsp3) is 0.150. The van der Waals surface area contributed by atoms with E-state index in [-0.39, 0.29) is 11.4 Å².